The Morgan fingerprint density at radius 1 is 1.47 bits per heavy atom. The highest BCUT2D eigenvalue weighted by molar-refractivity contribution is 5.75. The maximum Gasteiger partial charge on any atom is 0.221 e. The highest BCUT2D eigenvalue weighted by Gasteiger charge is 2.05. The number of carbonyl (C=O) groups is 1. The summed E-state index contributed by atoms with van der Waals surface area (Å²) in [4.78, 5) is 11.0. The van der Waals surface area contributed by atoms with Crippen molar-refractivity contribution in [3.05, 3.63) is 29.8 Å². The van der Waals surface area contributed by atoms with Gasteiger partial charge >= 0.3 is 0 Å². The zero-order valence-corrected chi connectivity index (χ0v) is 11.5. The molecule has 1 rings (SSSR count). The molecule has 0 heterocycles. The maximum absolute atomic E-state index is 11.0. The Labute approximate surface area is 114 Å². The van der Waals surface area contributed by atoms with Crippen molar-refractivity contribution in [3.8, 4) is 5.75 Å². The van der Waals surface area contributed by atoms with Crippen LogP contribution in [-0.4, -0.2) is 43.9 Å². The monoisotopic (exact) mass is 266 g/mol. The van der Waals surface area contributed by atoms with Crippen LogP contribution in [0.2, 0.25) is 0 Å². The minimum absolute atomic E-state index is 0.0157. The molecule has 1 amide bonds. The van der Waals surface area contributed by atoms with E-state index in [9.17, 15) is 9.90 Å². The van der Waals surface area contributed by atoms with Gasteiger partial charge in [-0.25, -0.2) is 0 Å². The van der Waals surface area contributed by atoms with Gasteiger partial charge in [-0.15, -0.1) is 0 Å². The molecule has 0 fully saturated rings. The molecule has 0 radical (unpaired) electrons. The van der Waals surface area contributed by atoms with E-state index in [-0.39, 0.29) is 12.5 Å². The Balaban J connectivity index is 2.14. The normalized spacial score (nSPS) is 11.9. The van der Waals surface area contributed by atoms with Gasteiger partial charge in [-0.3, -0.25) is 4.79 Å². The summed E-state index contributed by atoms with van der Waals surface area (Å²) in [6.45, 7) is 3.17. The molecule has 1 atom stereocenters. The molecule has 0 aliphatic carbocycles. The molecule has 0 saturated heterocycles. The number of amides is 1. The van der Waals surface area contributed by atoms with E-state index < -0.39 is 6.10 Å². The molecule has 0 aliphatic rings. The van der Waals surface area contributed by atoms with Crippen LogP contribution in [0.3, 0.4) is 0 Å². The van der Waals surface area contributed by atoms with Crippen LogP contribution in [-0.2, 0) is 4.79 Å². The molecule has 19 heavy (non-hydrogen) atoms. The van der Waals surface area contributed by atoms with Gasteiger partial charge in [0.25, 0.3) is 0 Å². The third kappa shape index (κ3) is 6.79. The van der Waals surface area contributed by atoms with Crippen molar-refractivity contribution in [1.29, 1.82) is 0 Å². The fraction of sp³-hybridized carbons (Fsp3) is 0.500. The van der Waals surface area contributed by atoms with E-state index in [2.05, 4.69) is 10.6 Å². The van der Waals surface area contributed by atoms with E-state index in [1.807, 2.05) is 31.2 Å². The summed E-state index contributed by atoms with van der Waals surface area (Å²) < 4.78 is 5.48. The number of benzene rings is 1. The summed E-state index contributed by atoms with van der Waals surface area (Å²) in [6, 6.07) is 7.69. The third-order valence-corrected chi connectivity index (χ3v) is 2.62. The molecule has 5 heteroatoms. The lowest BCUT2D eigenvalue weighted by Gasteiger charge is -2.13. The lowest BCUT2D eigenvalue weighted by Crippen LogP contribution is -2.33. The fourth-order valence-electron chi connectivity index (χ4n) is 1.55. The van der Waals surface area contributed by atoms with Crippen molar-refractivity contribution >= 4 is 5.91 Å². The summed E-state index contributed by atoms with van der Waals surface area (Å²) >= 11 is 0. The van der Waals surface area contributed by atoms with E-state index in [4.69, 9.17) is 4.74 Å². The number of ether oxygens (including phenoxy) is 1. The molecule has 0 saturated carbocycles. The van der Waals surface area contributed by atoms with Crippen LogP contribution in [0.4, 0.5) is 0 Å². The first kappa shape index (κ1) is 15.5. The zero-order valence-electron chi connectivity index (χ0n) is 11.5. The molecule has 0 spiro atoms. The van der Waals surface area contributed by atoms with E-state index in [1.165, 1.54) is 0 Å². The summed E-state index contributed by atoms with van der Waals surface area (Å²) in [5, 5.41) is 15.3. The molecular weight excluding hydrogens is 244 g/mol. The number of aliphatic hydroxyl groups excluding tert-OH is 1. The van der Waals surface area contributed by atoms with Crippen LogP contribution >= 0.6 is 0 Å². The molecule has 5 nitrogen and oxygen atoms in total. The second-order valence-electron chi connectivity index (χ2n) is 4.41. The second kappa shape index (κ2) is 8.50. The van der Waals surface area contributed by atoms with Crippen molar-refractivity contribution in [3.63, 3.8) is 0 Å². The number of hydrogen-bond donors (Lipinski definition) is 3. The summed E-state index contributed by atoms with van der Waals surface area (Å²) in [5.41, 5.74) is 1.12. The van der Waals surface area contributed by atoms with Crippen LogP contribution in [0.25, 0.3) is 0 Å². The number of aryl methyl sites for hydroxylation is 1. The van der Waals surface area contributed by atoms with E-state index in [1.54, 1.807) is 7.05 Å². The Morgan fingerprint density at radius 2 is 2.26 bits per heavy atom. The van der Waals surface area contributed by atoms with Gasteiger partial charge in [0.05, 0.1) is 0 Å². The van der Waals surface area contributed by atoms with Crippen molar-refractivity contribution < 1.29 is 14.6 Å². The Hall–Kier alpha value is -1.59. The highest BCUT2D eigenvalue weighted by atomic mass is 16.5. The molecule has 0 aliphatic heterocycles. The van der Waals surface area contributed by atoms with Crippen LogP contribution in [0.1, 0.15) is 12.0 Å². The summed E-state index contributed by atoms with van der Waals surface area (Å²) in [7, 11) is 1.60. The average Bonchev–Trinajstić information content (AvgIpc) is 2.41. The summed E-state index contributed by atoms with van der Waals surface area (Å²) in [5.74, 6) is 0.738. The molecule has 106 valence electrons. The Morgan fingerprint density at radius 3 is 2.95 bits per heavy atom. The van der Waals surface area contributed by atoms with Gasteiger partial charge in [0.1, 0.15) is 18.5 Å². The minimum Gasteiger partial charge on any atom is -0.491 e. The molecule has 1 aromatic rings. The van der Waals surface area contributed by atoms with Crippen molar-refractivity contribution in [2.45, 2.75) is 19.4 Å². The second-order valence-corrected chi connectivity index (χ2v) is 4.41. The van der Waals surface area contributed by atoms with Crippen molar-refractivity contribution in [2.75, 3.05) is 26.7 Å². The number of aliphatic hydroxyl groups is 1. The first-order valence-electron chi connectivity index (χ1n) is 6.40. The molecule has 1 unspecified atom stereocenters. The fourth-order valence-corrected chi connectivity index (χ4v) is 1.55. The Bertz CT molecular complexity index is 396. The van der Waals surface area contributed by atoms with Gasteiger partial charge in [-0.1, -0.05) is 12.1 Å². The standard InChI is InChI=1S/C14H22N2O3/c1-11-4-3-5-13(8-11)19-10-12(17)9-16-7-6-14(18)15-2/h3-5,8,12,16-17H,6-7,9-10H2,1-2H3,(H,15,18). The summed E-state index contributed by atoms with van der Waals surface area (Å²) in [6.07, 6.45) is -0.188. The predicted octanol–water partition coefficient (Wildman–Crippen LogP) is 0.460. The predicted molar refractivity (Wildman–Crippen MR) is 74.2 cm³/mol. The van der Waals surface area contributed by atoms with Crippen molar-refractivity contribution in [2.24, 2.45) is 0 Å². The molecule has 0 aromatic heterocycles. The van der Waals surface area contributed by atoms with Gasteiger partial charge in [0.2, 0.25) is 5.91 Å². The van der Waals surface area contributed by atoms with Gasteiger partial charge in [-0.05, 0) is 24.6 Å². The molecular formula is C14H22N2O3. The van der Waals surface area contributed by atoms with Gasteiger partial charge < -0.3 is 20.5 Å². The SMILES string of the molecule is CNC(=O)CCNCC(O)COc1cccc(C)c1. The number of rotatable bonds is 8. The lowest BCUT2D eigenvalue weighted by atomic mass is 10.2. The first-order chi connectivity index (χ1) is 9.11. The number of carbonyl (C=O) groups excluding carboxylic acids is 1. The quantitative estimate of drug-likeness (QED) is 0.598. The van der Waals surface area contributed by atoms with Gasteiger partial charge in [0, 0.05) is 26.6 Å². The number of nitrogens with one attached hydrogen (secondary N) is 2. The minimum atomic E-state index is -0.592. The third-order valence-electron chi connectivity index (χ3n) is 2.62. The van der Waals surface area contributed by atoms with E-state index >= 15 is 0 Å². The molecule has 3 N–H and O–H groups in total. The largest absolute Gasteiger partial charge is 0.491 e. The van der Waals surface area contributed by atoms with Crippen molar-refractivity contribution in [1.82, 2.24) is 10.6 Å². The maximum atomic E-state index is 11.0. The topological polar surface area (TPSA) is 70.6 Å². The van der Waals surface area contributed by atoms with E-state index in [0.29, 0.717) is 19.5 Å². The van der Waals surface area contributed by atoms with Gasteiger partial charge in [0.15, 0.2) is 0 Å². The van der Waals surface area contributed by atoms with Crippen LogP contribution < -0.4 is 15.4 Å². The smallest absolute Gasteiger partial charge is 0.221 e. The highest BCUT2D eigenvalue weighted by Crippen LogP contribution is 2.12. The zero-order chi connectivity index (χ0) is 14.1. The Kier molecular flexibility index (Phi) is 6.92. The molecule has 0 bridgehead atoms. The lowest BCUT2D eigenvalue weighted by molar-refractivity contribution is -0.120. The van der Waals surface area contributed by atoms with Crippen LogP contribution in [0.5, 0.6) is 5.75 Å². The van der Waals surface area contributed by atoms with E-state index in [0.717, 1.165) is 11.3 Å². The molecule has 1 aromatic carbocycles. The van der Waals surface area contributed by atoms with Crippen LogP contribution in [0.15, 0.2) is 24.3 Å². The van der Waals surface area contributed by atoms with Crippen LogP contribution in [0, 0.1) is 6.92 Å². The first-order valence-corrected chi connectivity index (χ1v) is 6.40. The average molecular weight is 266 g/mol. The number of hydrogen-bond acceptors (Lipinski definition) is 4. The van der Waals surface area contributed by atoms with Gasteiger partial charge in [-0.2, -0.15) is 0 Å².